The maximum atomic E-state index is 13.8. The number of ether oxygens (including phenoxy) is 1. The highest BCUT2D eigenvalue weighted by molar-refractivity contribution is 5.81. The molecule has 1 aliphatic rings. The summed E-state index contributed by atoms with van der Waals surface area (Å²) in [7, 11) is 0. The first-order valence-corrected chi connectivity index (χ1v) is 15.0. The maximum Gasteiger partial charge on any atom is 0.331 e. The number of hydrogen-bond donors (Lipinski definition) is 4. The van der Waals surface area contributed by atoms with E-state index < -0.39 is 24.5 Å². The van der Waals surface area contributed by atoms with Crippen LogP contribution in [0.15, 0.2) is 102 Å². The molecule has 12 heteroatoms. The van der Waals surface area contributed by atoms with Crippen LogP contribution in [0, 0.1) is 0 Å². The van der Waals surface area contributed by atoms with Crippen LogP contribution in [0.25, 0.3) is 22.3 Å². The molecule has 5 N–H and O–H groups in total. The number of benzene rings is 3. The number of nitrogens with two attached hydrogens (primary N) is 1. The van der Waals surface area contributed by atoms with Gasteiger partial charge in [-0.25, -0.2) is 19.7 Å². The van der Waals surface area contributed by atoms with E-state index in [9.17, 15) is 20.1 Å². The zero-order valence-electron chi connectivity index (χ0n) is 24.8. The van der Waals surface area contributed by atoms with E-state index in [1.807, 2.05) is 84.9 Å². The number of aliphatic hydroxyl groups excluding tert-OH is 2. The lowest BCUT2D eigenvalue weighted by Crippen LogP contribution is -2.33. The molecular formula is C34H33N7O5. The number of aliphatic hydroxyl groups is 2. The van der Waals surface area contributed by atoms with E-state index in [0.29, 0.717) is 23.3 Å². The molecule has 46 heavy (non-hydrogen) atoms. The summed E-state index contributed by atoms with van der Waals surface area (Å²) in [4.78, 5) is 26.2. The summed E-state index contributed by atoms with van der Waals surface area (Å²) in [5, 5.41) is 33.2. The minimum atomic E-state index is -1.29. The molecule has 1 aliphatic heterocycles. The van der Waals surface area contributed by atoms with Crippen molar-refractivity contribution in [3.8, 4) is 17.0 Å². The lowest BCUT2D eigenvalue weighted by molar-refractivity contribution is -0.0380. The summed E-state index contributed by atoms with van der Waals surface area (Å²) < 4.78 is 10.5. The molecule has 0 spiro atoms. The molecule has 1 fully saturated rings. The van der Waals surface area contributed by atoms with Crippen molar-refractivity contribution in [3.05, 3.63) is 125 Å². The number of nitrogens with zero attached hydrogens (tertiary/aromatic N) is 6. The van der Waals surface area contributed by atoms with Gasteiger partial charge in [-0.3, -0.25) is 13.7 Å². The third-order valence-electron chi connectivity index (χ3n) is 8.55. The number of aromatic hydroxyl groups is 1. The number of rotatable bonds is 9. The number of fused-ring (bicyclic) bond motifs is 1. The van der Waals surface area contributed by atoms with Gasteiger partial charge in [0.05, 0.1) is 24.7 Å². The Morgan fingerprint density at radius 2 is 1.50 bits per heavy atom. The molecular weight excluding hydrogens is 586 g/mol. The summed E-state index contributed by atoms with van der Waals surface area (Å²) in [6.45, 7) is 0.326. The van der Waals surface area contributed by atoms with Crippen molar-refractivity contribution in [1.82, 2.24) is 28.7 Å². The fourth-order valence-electron chi connectivity index (χ4n) is 6.08. The zero-order valence-corrected chi connectivity index (χ0v) is 24.8. The Balaban J connectivity index is 1.14. The molecule has 12 nitrogen and oxygen atoms in total. The molecule has 1 saturated heterocycles. The van der Waals surface area contributed by atoms with Gasteiger partial charge in [0.25, 0.3) is 0 Å². The Hall–Kier alpha value is -5.30. The Morgan fingerprint density at radius 1 is 0.804 bits per heavy atom. The van der Waals surface area contributed by atoms with Gasteiger partial charge in [-0.2, -0.15) is 0 Å². The number of hydrogen-bond acceptors (Lipinski definition) is 9. The first kappa shape index (κ1) is 29.4. The molecule has 7 rings (SSSR count). The SMILES string of the molecule is Nc1ncnc2c1ncn2[C@@H]1O[C@H](CCn2c(O)c(Cc3ccc(-c4ccccc4)cc3)n(Cc3ccccc3)c2=O)C(O)[C@H]1O. The van der Waals surface area contributed by atoms with Crippen LogP contribution in [0.1, 0.15) is 29.5 Å². The molecule has 0 radical (unpaired) electrons. The highest BCUT2D eigenvalue weighted by Gasteiger charge is 2.44. The second-order valence-electron chi connectivity index (χ2n) is 11.4. The van der Waals surface area contributed by atoms with Gasteiger partial charge in [0.2, 0.25) is 5.88 Å². The van der Waals surface area contributed by atoms with Crippen LogP contribution >= 0.6 is 0 Å². The standard InChI is InChI=1S/C34H33N7O5/c35-30-27-31(37-19-36-30)41(20-38-27)33-29(43)28(42)26(46-33)15-16-39-32(44)25(40(34(39)45)18-22-7-3-1-4-8-22)17-21-11-13-24(14-12-21)23-9-5-2-6-10-23/h1-14,19-20,26,28-29,33,42-44H,15-18H2,(H2,35,36,37)/t26-,28?,29-,33-/m1/s1. The van der Waals surface area contributed by atoms with E-state index in [-0.39, 0.29) is 36.9 Å². The number of imidazole rings is 2. The van der Waals surface area contributed by atoms with Crippen molar-refractivity contribution in [2.45, 2.75) is 50.5 Å². The van der Waals surface area contributed by atoms with Gasteiger partial charge < -0.3 is 25.8 Å². The molecule has 0 bridgehead atoms. The van der Waals surface area contributed by atoms with Crippen molar-refractivity contribution in [1.29, 1.82) is 0 Å². The molecule has 234 valence electrons. The van der Waals surface area contributed by atoms with Gasteiger partial charge >= 0.3 is 5.69 Å². The average Bonchev–Trinajstić information content (AvgIpc) is 3.70. The normalized spacial score (nSPS) is 19.6. The number of nitrogen functional groups attached to an aromatic ring is 1. The predicted octanol–water partition coefficient (Wildman–Crippen LogP) is 3.09. The minimum Gasteiger partial charge on any atom is -0.493 e. The predicted molar refractivity (Wildman–Crippen MR) is 171 cm³/mol. The van der Waals surface area contributed by atoms with Crippen molar-refractivity contribution in [3.63, 3.8) is 0 Å². The molecule has 3 aromatic carbocycles. The minimum absolute atomic E-state index is 0.0490. The van der Waals surface area contributed by atoms with E-state index >= 15 is 0 Å². The molecule has 3 aromatic heterocycles. The van der Waals surface area contributed by atoms with Crippen molar-refractivity contribution >= 4 is 17.0 Å². The summed E-state index contributed by atoms with van der Waals surface area (Å²) >= 11 is 0. The lowest BCUT2D eigenvalue weighted by atomic mass is 10.0. The third kappa shape index (κ3) is 5.42. The van der Waals surface area contributed by atoms with Crippen LogP contribution in [-0.2, 0) is 24.2 Å². The summed E-state index contributed by atoms with van der Waals surface area (Å²) in [6, 6.07) is 27.7. The van der Waals surface area contributed by atoms with Crippen molar-refractivity contribution in [2.24, 2.45) is 0 Å². The summed E-state index contributed by atoms with van der Waals surface area (Å²) in [6.07, 6.45) is -1.18. The van der Waals surface area contributed by atoms with Gasteiger partial charge in [-0.1, -0.05) is 84.9 Å². The Bertz CT molecular complexity index is 2020. The fourth-order valence-corrected chi connectivity index (χ4v) is 6.08. The Morgan fingerprint density at radius 3 is 2.24 bits per heavy atom. The fraction of sp³-hybridized carbons (Fsp3) is 0.235. The summed E-state index contributed by atoms with van der Waals surface area (Å²) in [5.41, 5.74) is 10.7. The third-order valence-corrected chi connectivity index (χ3v) is 8.55. The molecule has 6 aromatic rings. The van der Waals surface area contributed by atoms with Crippen LogP contribution in [-0.4, -0.2) is 62.3 Å². The van der Waals surface area contributed by atoms with Gasteiger partial charge in [0.15, 0.2) is 17.7 Å². The molecule has 0 aliphatic carbocycles. The average molecular weight is 620 g/mol. The quantitative estimate of drug-likeness (QED) is 0.190. The van der Waals surface area contributed by atoms with E-state index in [1.54, 1.807) is 4.57 Å². The highest BCUT2D eigenvalue weighted by Crippen LogP contribution is 2.34. The number of anilines is 1. The Kier molecular flexibility index (Phi) is 7.83. The van der Waals surface area contributed by atoms with Gasteiger partial charge in [-0.05, 0) is 28.7 Å². The van der Waals surface area contributed by atoms with E-state index in [1.165, 1.54) is 21.8 Å². The molecule has 4 heterocycles. The van der Waals surface area contributed by atoms with E-state index in [0.717, 1.165) is 22.3 Å². The molecule has 1 unspecified atom stereocenters. The first-order chi connectivity index (χ1) is 22.4. The zero-order chi connectivity index (χ0) is 31.8. The number of aromatic nitrogens is 6. The molecule has 0 saturated carbocycles. The van der Waals surface area contributed by atoms with Gasteiger partial charge in [0.1, 0.15) is 24.1 Å². The smallest absolute Gasteiger partial charge is 0.331 e. The van der Waals surface area contributed by atoms with Crippen LogP contribution in [0.4, 0.5) is 5.82 Å². The molecule has 0 amide bonds. The second kappa shape index (κ2) is 12.2. The Labute approximate surface area is 263 Å². The lowest BCUT2D eigenvalue weighted by Gasteiger charge is -2.16. The monoisotopic (exact) mass is 619 g/mol. The van der Waals surface area contributed by atoms with Crippen molar-refractivity contribution in [2.75, 3.05) is 5.73 Å². The largest absolute Gasteiger partial charge is 0.493 e. The van der Waals surface area contributed by atoms with E-state index in [4.69, 9.17) is 10.5 Å². The second-order valence-corrected chi connectivity index (χ2v) is 11.4. The maximum absolute atomic E-state index is 13.8. The van der Waals surface area contributed by atoms with Crippen molar-refractivity contribution < 1.29 is 20.1 Å². The summed E-state index contributed by atoms with van der Waals surface area (Å²) in [5.74, 6) is 0.0385. The van der Waals surface area contributed by atoms with Crippen LogP contribution in [0.5, 0.6) is 5.88 Å². The van der Waals surface area contributed by atoms with Crippen LogP contribution in [0.3, 0.4) is 0 Å². The molecule has 4 atom stereocenters. The van der Waals surface area contributed by atoms with Gasteiger partial charge in [-0.15, -0.1) is 0 Å². The van der Waals surface area contributed by atoms with Gasteiger partial charge in [0, 0.05) is 13.0 Å². The van der Waals surface area contributed by atoms with E-state index in [2.05, 4.69) is 15.0 Å². The topological polar surface area (TPSA) is 166 Å². The first-order valence-electron chi connectivity index (χ1n) is 15.0. The highest BCUT2D eigenvalue weighted by atomic mass is 16.6. The van der Waals surface area contributed by atoms with Crippen LogP contribution < -0.4 is 11.4 Å². The van der Waals surface area contributed by atoms with Crippen LogP contribution in [0.2, 0.25) is 0 Å².